The molecule has 1 fully saturated rings. The van der Waals surface area contributed by atoms with E-state index in [9.17, 15) is 4.79 Å². The number of fused-ring (bicyclic) bond motifs is 1. The van der Waals surface area contributed by atoms with Gasteiger partial charge in [0.25, 0.3) is 5.91 Å². The first-order chi connectivity index (χ1) is 16.1. The van der Waals surface area contributed by atoms with Crippen LogP contribution in [-0.4, -0.2) is 48.2 Å². The number of hydrazine groups is 1. The Morgan fingerprint density at radius 2 is 1.85 bits per heavy atom. The van der Waals surface area contributed by atoms with Gasteiger partial charge in [0, 0.05) is 31.2 Å². The molecule has 0 spiro atoms. The summed E-state index contributed by atoms with van der Waals surface area (Å²) >= 11 is 0. The molecular weight excluding hydrogens is 424 g/mol. The SMILES string of the molecule is CC.Cn1ncc2cc(C(=O)NN)cc(Oc3ccc(OCCOC4CCOCC4)cc3)c21. The number of nitrogens with zero attached hydrogens (tertiary/aromatic N) is 2. The normalized spacial score (nSPS) is 13.8. The van der Waals surface area contributed by atoms with E-state index in [-0.39, 0.29) is 6.10 Å². The molecule has 0 unspecified atom stereocenters. The van der Waals surface area contributed by atoms with Crippen molar-refractivity contribution in [3.8, 4) is 17.2 Å². The minimum Gasteiger partial charge on any atom is -0.491 e. The summed E-state index contributed by atoms with van der Waals surface area (Å²) < 4.78 is 24.6. The Morgan fingerprint density at radius 3 is 2.55 bits per heavy atom. The van der Waals surface area contributed by atoms with E-state index in [0.29, 0.717) is 30.3 Å². The number of rotatable bonds is 8. The number of ether oxygens (including phenoxy) is 4. The number of benzene rings is 2. The van der Waals surface area contributed by atoms with E-state index in [1.807, 2.05) is 45.2 Å². The highest BCUT2D eigenvalue weighted by Crippen LogP contribution is 2.32. The van der Waals surface area contributed by atoms with Crippen molar-refractivity contribution in [2.24, 2.45) is 12.9 Å². The van der Waals surface area contributed by atoms with Gasteiger partial charge in [0.15, 0.2) is 5.75 Å². The van der Waals surface area contributed by atoms with E-state index in [0.717, 1.165) is 42.7 Å². The molecule has 9 nitrogen and oxygen atoms in total. The highest BCUT2D eigenvalue weighted by Gasteiger charge is 2.15. The Hall–Kier alpha value is -3.14. The Labute approximate surface area is 193 Å². The standard InChI is InChI=1S/C22H26N4O5.C2H6/c1-26-21-16(14-24-26)12-15(22(27)25-23)13-20(21)31-19-4-2-17(3-5-19)29-10-11-30-18-6-8-28-9-7-18;1-2/h2-5,12-14,18H,6-11,23H2,1H3,(H,25,27);1-2H3. The van der Waals surface area contributed by atoms with Crippen molar-refractivity contribution in [3.63, 3.8) is 0 Å². The molecule has 4 rings (SSSR count). The van der Waals surface area contributed by atoms with Crippen LogP contribution in [0.3, 0.4) is 0 Å². The summed E-state index contributed by atoms with van der Waals surface area (Å²) in [6.45, 7) is 6.54. The fourth-order valence-electron chi connectivity index (χ4n) is 3.52. The van der Waals surface area contributed by atoms with Crippen LogP contribution in [0.25, 0.3) is 10.9 Å². The minimum atomic E-state index is -0.401. The zero-order chi connectivity index (χ0) is 23.6. The first kappa shape index (κ1) is 24.5. The van der Waals surface area contributed by atoms with Crippen molar-refractivity contribution in [1.29, 1.82) is 0 Å². The van der Waals surface area contributed by atoms with Gasteiger partial charge in [-0.2, -0.15) is 5.10 Å². The van der Waals surface area contributed by atoms with Gasteiger partial charge >= 0.3 is 0 Å². The number of amides is 1. The minimum absolute atomic E-state index is 0.258. The molecule has 1 amide bonds. The lowest BCUT2D eigenvalue weighted by atomic mass is 10.1. The molecule has 1 aromatic heterocycles. The molecule has 33 heavy (non-hydrogen) atoms. The number of aromatic nitrogens is 2. The smallest absolute Gasteiger partial charge is 0.265 e. The number of carbonyl (C=O) groups excluding carboxylic acids is 1. The molecule has 9 heteroatoms. The van der Waals surface area contributed by atoms with Gasteiger partial charge in [-0.05, 0) is 49.2 Å². The fourth-order valence-corrected chi connectivity index (χ4v) is 3.52. The maximum absolute atomic E-state index is 12.0. The van der Waals surface area contributed by atoms with Crippen LogP contribution in [-0.2, 0) is 16.5 Å². The fraction of sp³-hybridized carbons (Fsp3) is 0.417. The van der Waals surface area contributed by atoms with Crippen molar-refractivity contribution in [3.05, 3.63) is 48.2 Å². The van der Waals surface area contributed by atoms with Crippen molar-refractivity contribution in [2.45, 2.75) is 32.8 Å². The molecule has 3 N–H and O–H groups in total. The van der Waals surface area contributed by atoms with Crippen LogP contribution in [0.2, 0.25) is 0 Å². The number of nitrogens with one attached hydrogen (secondary N) is 1. The topological polar surface area (TPSA) is 110 Å². The van der Waals surface area contributed by atoms with E-state index in [2.05, 4.69) is 10.5 Å². The summed E-state index contributed by atoms with van der Waals surface area (Å²) in [5.74, 6) is 6.72. The van der Waals surface area contributed by atoms with Crippen LogP contribution in [0, 0.1) is 0 Å². The lowest BCUT2D eigenvalue weighted by Crippen LogP contribution is -2.29. The quantitative estimate of drug-likeness (QED) is 0.231. The Balaban J connectivity index is 0.00000149. The Bertz CT molecular complexity index is 1030. The predicted molar refractivity (Wildman–Crippen MR) is 126 cm³/mol. The molecule has 0 bridgehead atoms. The molecule has 178 valence electrons. The van der Waals surface area contributed by atoms with Gasteiger partial charge in [-0.25, -0.2) is 5.84 Å². The molecule has 0 radical (unpaired) electrons. The van der Waals surface area contributed by atoms with Gasteiger partial charge in [-0.3, -0.25) is 14.9 Å². The number of hydrogen-bond acceptors (Lipinski definition) is 7. The van der Waals surface area contributed by atoms with E-state index < -0.39 is 5.91 Å². The van der Waals surface area contributed by atoms with Crippen LogP contribution in [0.4, 0.5) is 0 Å². The number of carbonyl (C=O) groups is 1. The number of hydrogen-bond donors (Lipinski definition) is 2. The van der Waals surface area contributed by atoms with Crippen LogP contribution in [0.1, 0.15) is 37.0 Å². The van der Waals surface area contributed by atoms with E-state index in [1.165, 1.54) is 0 Å². The number of nitrogen functional groups attached to an aromatic ring is 1. The molecule has 1 aliphatic heterocycles. The predicted octanol–water partition coefficient (Wildman–Crippen LogP) is 3.57. The van der Waals surface area contributed by atoms with Crippen molar-refractivity contribution >= 4 is 16.8 Å². The van der Waals surface area contributed by atoms with Gasteiger partial charge in [-0.1, -0.05) is 13.8 Å². The summed E-state index contributed by atoms with van der Waals surface area (Å²) in [6.07, 6.45) is 3.80. The van der Waals surface area contributed by atoms with Gasteiger partial charge in [0.2, 0.25) is 0 Å². The van der Waals surface area contributed by atoms with Crippen molar-refractivity contribution in [1.82, 2.24) is 15.2 Å². The summed E-state index contributed by atoms with van der Waals surface area (Å²) in [7, 11) is 1.82. The van der Waals surface area contributed by atoms with Crippen LogP contribution < -0.4 is 20.7 Å². The second-order valence-corrected chi connectivity index (χ2v) is 7.26. The third-order valence-corrected chi connectivity index (χ3v) is 5.12. The summed E-state index contributed by atoms with van der Waals surface area (Å²) in [5.41, 5.74) is 3.31. The molecular formula is C24H32N4O5. The molecule has 0 aliphatic carbocycles. The molecule has 2 heterocycles. The first-order valence-electron chi connectivity index (χ1n) is 11.2. The lowest BCUT2D eigenvalue weighted by Gasteiger charge is -2.22. The maximum Gasteiger partial charge on any atom is 0.265 e. The second-order valence-electron chi connectivity index (χ2n) is 7.26. The monoisotopic (exact) mass is 456 g/mol. The summed E-state index contributed by atoms with van der Waals surface area (Å²) in [5, 5.41) is 5.03. The summed E-state index contributed by atoms with van der Waals surface area (Å²) in [4.78, 5) is 12.0. The third kappa shape index (κ3) is 6.44. The number of aryl methyl sites for hydroxylation is 1. The zero-order valence-corrected chi connectivity index (χ0v) is 19.4. The van der Waals surface area contributed by atoms with Gasteiger partial charge in [0.1, 0.15) is 23.6 Å². The van der Waals surface area contributed by atoms with E-state index >= 15 is 0 Å². The molecule has 3 aromatic rings. The molecule has 1 saturated heterocycles. The molecule has 2 aromatic carbocycles. The van der Waals surface area contributed by atoms with Crippen molar-refractivity contribution in [2.75, 3.05) is 26.4 Å². The van der Waals surface area contributed by atoms with Gasteiger partial charge < -0.3 is 18.9 Å². The second kappa shape index (κ2) is 12.2. The molecule has 1 aliphatic rings. The largest absolute Gasteiger partial charge is 0.491 e. The molecule has 0 saturated carbocycles. The van der Waals surface area contributed by atoms with Gasteiger partial charge in [-0.15, -0.1) is 0 Å². The van der Waals surface area contributed by atoms with E-state index in [1.54, 1.807) is 23.0 Å². The van der Waals surface area contributed by atoms with Crippen LogP contribution in [0.15, 0.2) is 42.6 Å². The highest BCUT2D eigenvalue weighted by molar-refractivity contribution is 5.99. The Morgan fingerprint density at radius 1 is 1.15 bits per heavy atom. The van der Waals surface area contributed by atoms with Crippen LogP contribution >= 0.6 is 0 Å². The van der Waals surface area contributed by atoms with E-state index in [4.69, 9.17) is 24.8 Å². The number of nitrogens with two attached hydrogens (primary N) is 1. The van der Waals surface area contributed by atoms with Gasteiger partial charge in [0.05, 0.1) is 18.9 Å². The van der Waals surface area contributed by atoms with Crippen LogP contribution in [0.5, 0.6) is 17.2 Å². The lowest BCUT2D eigenvalue weighted by molar-refractivity contribution is -0.0388. The average molecular weight is 457 g/mol. The molecule has 0 atom stereocenters. The summed E-state index contributed by atoms with van der Waals surface area (Å²) in [6, 6.07) is 10.7. The maximum atomic E-state index is 12.0. The Kier molecular flexibility index (Phi) is 9.05. The van der Waals surface area contributed by atoms with Crippen molar-refractivity contribution < 1.29 is 23.7 Å². The first-order valence-corrected chi connectivity index (χ1v) is 11.2. The zero-order valence-electron chi connectivity index (χ0n) is 19.4. The average Bonchev–Trinajstić information content (AvgIpc) is 3.25. The third-order valence-electron chi connectivity index (χ3n) is 5.12. The highest BCUT2D eigenvalue weighted by atomic mass is 16.5.